The van der Waals surface area contributed by atoms with Crippen LogP contribution in [-0.4, -0.2) is 23.9 Å². The lowest BCUT2D eigenvalue weighted by Gasteiger charge is -2.21. The van der Waals surface area contributed by atoms with E-state index in [1.165, 1.54) is 39.2 Å². The number of imide groups is 1. The molecule has 2 aliphatic heterocycles. The van der Waals surface area contributed by atoms with Gasteiger partial charge in [-0.1, -0.05) is 22.9 Å². The van der Waals surface area contributed by atoms with Gasteiger partial charge in [-0.15, -0.1) is 0 Å². The summed E-state index contributed by atoms with van der Waals surface area (Å²) in [6.45, 7) is 0. The highest BCUT2D eigenvalue weighted by Gasteiger charge is 2.55. The van der Waals surface area contributed by atoms with Crippen LogP contribution in [0.1, 0.15) is 17.5 Å². The summed E-state index contributed by atoms with van der Waals surface area (Å²) in [7, 11) is 0. The first-order valence-electron chi connectivity index (χ1n) is 8.69. The summed E-state index contributed by atoms with van der Waals surface area (Å²) in [6, 6.07) is 7.92. The second-order valence-electron chi connectivity index (χ2n) is 6.86. The van der Waals surface area contributed by atoms with E-state index in [9.17, 15) is 14.0 Å². The zero-order valence-electron chi connectivity index (χ0n) is 14.1. The summed E-state index contributed by atoms with van der Waals surface area (Å²) in [4.78, 5) is 27.1. The molecule has 1 aliphatic carbocycles. The van der Waals surface area contributed by atoms with Crippen LogP contribution >= 0.6 is 11.6 Å². The number of nitrogens with zero attached hydrogens (tertiary/aromatic N) is 4. The molecule has 2 aromatic carbocycles. The molecule has 1 saturated heterocycles. The van der Waals surface area contributed by atoms with E-state index in [1.54, 1.807) is 6.07 Å². The molecule has 0 N–H and O–H groups in total. The Labute approximate surface area is 159 Å². The molecule has 0 bridgehead atoms. The van der Waals surface area contributed by atoms with E-state index < -0.39 is 29.7 Å². The highest BCUT2D eigenvalue weighted by Crippen LogP contribution is 2.37. The van der Waals surface area contributed by atoms with Gasteiger partial charge in [0.15, 0.2) is 12.1 Å². The van der Waals surface area contributed by atoms with Gasteiger partial charge < -0.3 is 0 Å². The molecule has 1 fully saturated rings. The molecular weight excluding hydrogens is 371 g/mol. The summed E-state index contributed by atoms with van der Waals surface area (Å²) in [5.41, 5.74) is 3.41. The first kappa shape index (κ1) is 16.4. The average molecular weight is 385 g/mol. The molecule has 2 amide bonds. The molecule has 2 aromatic rings. The van der Waals surface area contributed by atoms with Gasteiger partial charge in [-0.2, -0.15) is 5.11 Å². The molecule has 2 unspecified atom stereocenters. The van der Waals surface area contributed by atoms with Gasteiger partial charge in [0.2, 0.25) is 0 Å². The zero-order valence-corrected chi connectivity index (χ0v) is 14.9. The largest absolute Gasteiger partial charge is 0.271 e. The monoisotopic (exact) mass is 384 g/mol. The molecule has 0 saturated carbocycles. The first-order valence-corrected chi connectivity index (χ1v) is 9.07. The normalized spacial score (nSPS) is 23.3. The number of rotatable bonds is 2. The Balaban J connectivity index is 1.50. The number of hydrogen-bond acceptors (Lipinski definition) is 5. The number of anilines is 2. The van der Waals surface area contributed by atoms with Crippen LogP contribution in [-0.2, 0) is 22.4 Å². The standard InChI is InChI=1S/C19H14ClFN4O2/c20-14-9-13(6-7-15(14)21)25-17-16(22-23-25)18(26)24(19(17)27)12-5-4-10-2-1-3-11(10)8-12/h4-9,16-17H,1-3H2. The fourth-order valence-electron chi connectivity index (χ4n) is 3.95. The minimum atomic E-state index is -0.908. The Hall–Kier alpha value is -2.80. The van der Waals surface area contributed by atoms with Crippen molar-refractivity contribution in [2.45, 2.75) is 31.3 Å². The number of carbonyl (C=O) groups is 2. The Morgan fingerprint density at radius 2 is 1.78 bits per heavy atom. The number of carbonyl (C=O) groups excluding carboxylic acids is 2. The van der Waals surface area contributed by atoms with Gasteiger partial charge >= 0.3 is 0 Å². The van der Waals surface area contributed by atoms with E-state index in [0.29, 0.717) is 11.4 Å². The molecule has 5 rings (SSSR count). The molecule has 0 aromatic heterocycles. The quantitative estimate of drug-likeness (QED) is 0.745. The topological polar surface area (TPSA) is 65.3 Å². The second-order valence-corrected chi connectivity index (χ2v) is 7.26. The lowest BCUT2D eigenvalue weighted by Crippen LogP contribution is -2.40. The number of amides is 2. The number of fused-ring (bicyclic) bond motifs is 2. The Bertz CT molecular complexity index is 1020. The van der Waals surface area contributed by atoms with Crippen molar-refractivity contribution >= 4 is 34.8 Å². The smallest absolute Gasteiger partial charge is 0.263 e. The van der Waals surface area contributed by atoms with Crippen molar-refractivity contribution in [2.75, 3.05) is 9.91 Å². The van der Waals surface area contributed by atoms with Crippen LogP contribution < -0.4 is 9.91 Å². The minimum Gasteiger partial charge on any atom is -0.271 e. The van der Waals surface area contributed by atoms with Crippen molar-refractivity contribution in [1.29, 1.82) is 0 Å². The minimum absolute atomic E-state index is 0.0848. The molecule has 0 radical (unpaired) electrons. The number of benzene rings is 2. The van der Waals surface area contributed by atoms with E-state index in [0.717, 1.165) is 19.3 Å². The van der Waals surface area contributed by atoms with Crippen molar-refractivity contribution in [2.24, 2.45) is 10.3 Å². The fraction of sp³-hybridized carbons (Fsp3) is 0.263. The molecular formula is C19H14ClFN4O2. The maximum Gasteiger partial charge on any atom is 0.263 e. The van der Waals surface area contributed by atoms with Crippen LogP contribution in [0.4, 0.5) is 15.8 Å². The zero-order chi connectivity index (χ0) is 18.7. The van der Waals surface area contributed by atoms with Crippen LogP contribution in [0.5, 0.6) is 0 Å². The van der Waals surface area contributed by atoms with Crippen molar-refractivity contribution < 1.29 is 14.0 Å². The molecule has 2 atom stereocenters. The highest BCUT2D eigenvalue weighted by molar-refractivity contribution is 6.31. The van der Waals surface area contributed by atoms with Crippen LogP contribution in [0.2, 0.25) is 5.02 Å². The van der Waals surface area contributed by atoms with E-state index in [4.69, 9.17) is 11.6 Å². The third-order valence-corrected chi connectivity index (χ3v) is 5.58. The Kier molecular flexibility index (Phi) is 3.55. The van der Waals surface area contributed by atoms with Gasteiger partial charge in [0.1, 0.15) is 5.82 Å². The molecule has 27 heavy (non-hydrogen) atoms. The molecule has 2 heterocycles. The number of hydrogen-bond donors (Lipinski definition) is 0. The predicted octanol–water partition coefficient (Wildman–Crippen LogP) is 3.47. The van der Waals surface area contributed by atoms with Crippen molar-refractivity contribution in [3.63, 3.8) is 0 Å². The number of halogens is 2. The van der Waals surface area contributed by atoms with Crippen LogP contribution in [0.3, 0.4) is 0 Å². The van der Waals surface area contributed by atoms with Gasteiger partial charge in [0.05, 0.1) is 16.4 Å². The third kappa shape index (κ3) is 2.38. The third-order valence-electron chi connectivity index (χ3n) is 5.29. The van der Waals surface area contributed by atoms with Crippen LogP contribution in [0.15, 0.2) is 46.7 Å². The molecule has 3 aliphatic rings. The van der Waals surface area contributed by atoms with E-state index >= 15 is 0 Å². The second kappa shape index (κ2) is 5.85. The Morgan fingerprint density at radius 3 is 2.59 bits per heavy atom. The van der Waals surface area contributed by atoms with Gasteiger partial charge in [-0.3, -0.25) is 9.59 Å². The fourth-order valence-corrected chi connectivity index (χ4v) is 4.13. The van der Waals surface area contributed by atoms with Gasteiger partial charge in [0, 0.05) is 0 Å². The van der Waals surface area contributed by atoms with Gasteiger partial charge in [0.25, 0.3) is 11.8 Å². The van der Waals surface area contributed by atoms with E-state index in [1.807, 2.05) is 12.1 Å². The van der Waals surface area contributed by atoms with Gasteiger partial charge in [-0.25, -0.2) is 14.3 Å². The van der Waals surface area contributed by atoms with Crippen molar-refractivity contribution in [3.8, 4) is 0 Å². The maximum absolute atomic E-state index is 13.5. The lowest BCUT2D eigenvalue weighted by molar-refractivity contribution is -0.121. The van der Waals surface area contributed by atoms with Gasteiger partial charge in [-0.05, 0) is 60.7 Å². The number of aryl methyl sites for hydroxylation is 2. The SMILES string of the molecule is O=C1C2N=NN(c3ccc(F)c(Cl)c3)C2C(=O)N1c1ccc2c(c1)CCC2. The highest BCUT2D eigenvalue weighted by atomic mass is 35.5. The van der Waals surface area contributed by atoms with Crippen LogP contribution in [0, 0.1) is 5.82 Å². The molecule has 8 heteroatoms. The molecule has 6 nitrogen and oxygen atoms in total. The van der Waals surface area contributed by atoms with E-state index in [-0.39, 0.29) is 5.02 Å². The predicted molar refractivity (Wildman–Crippen MR) is 97.3 cm³/mol. The van der Waals surface area contributed by atoms with Crippen molar-refractivity contribution in [1.82, 2.24) is 0 Å². The lowest BCUT2D eigenvalue weighted by atomic mass is 10.1. The average Bonchev–Trinajstić information content (AvgIpc) is 3.34. The summed E-state index contributed by atoms with van der Waals surface area (Å²) >= 11 is 5.84. The summed E-state index contributed by atoms with van der Waals surface area (Å²) < 4.78 is 13.5. The molecule has 0 spiro atoms. The van der Waals surface area contributed by atoms with Crippen molar-refractivity contribution in [3.05, 3.63) is 58.4 Å². The molecule has 136 valence electrons. The maximum atomic E-state index is 13.5. The first-order chi connectivity index (χ1) is 13.0. The van der Waals surface area contributed by atoms with Crippen LogP contribution in [0.25, 0.3) is 0 Å². The summed E-state index contributed by atoms with van der Waals surface area (Å²) in [5, 5.41) is 9.20. The van der Waals surface area contributed by atoms with E-state index in [2.05, 4.69) is 10.3 Å². The summed E-state index contributed by atoms with van der Waals surface area (Å²) in [6.07, 6.45) is 3.06. The Morgan fingerprint density at radius 1 is 1.00 bits per heavy atom. The summed E-state index contributed by atoms with van der Waals surface area (Å²) in [5.74, 6) is -1.36.